The molecular weight excluding hydrogens is 468 g/mol. The second-order valence-electron chi connectivity index (χ2n) is 9.55. The van der Waals surface area contributed by atoms with Crippen molar-refractivity contribution in [1.82, 2.24) is 4.31 Å². The molecule has 3 aromatic carbocycles. The molecule has 0 aliphatic rings. The van der Waals surface area contributed by atoms with Crippen LogP contribution in [0.2, 0.25) is 0 Å². The second kappa shape index (κ2) is 14.3. The van der Waals surface area contributed by atoms with Gasteiger partial charge < -0.3 is 20.3 Å². The van der Waals surface area contributed by atoms with Gasteiger partial charge in [0.1, 0.15) is 18.1 Å². The number of rotatable bonds is 14. The smallest absolute Gasteiger partial charge is 0.123 e. The predicted molar refractivity (Wildman–Crippen MR) is 150 cm³/mol. The summed E-state index contributed by atoms with van der Waals surface area (Å²) < 4.78 is 13.8. The topological polar surface area (TPSA) is 68.0 Å². The standard InChI is InChI=1S/C30H40N2O3S/c1-5-34-30-18-27(16-11-23(30)4)36-32(19-22(2)3)20-29(33)28(31)17-24-12-14-26(15-13-24)35-21-25-9-7-6-8-10-25/h6-16,18,22,28-29,33H,5,17,19-21,31H2,1-4H3. The first-order valence-electron chi connectivity index (χ1n) is 12.7. The van der Waals surface area contributed by atoms with E-state index in [1.54, 1.807) is 11.9 Å². The Morgan fingerprint density at radius 3 is 2.31 bits per heavy atom. The maximum atomic E-state index is 11.0. The van der Waals surface area contributed by atoms with Gasteiger partial charge in [-0.05, 0) is 79.1 Å². The minimum Gasteiger partial charge on any atom is -0.494 e. The molecule has 2 atom stereocenters. The molecule has 0 aliphatic heterocycles. The number of aryl methyl sites for hydroxylation is 1. The Kier molecular flexibility index (Phi) is 11.1. The molecular formula is C30H40N2O3S. The number of ether oxygens (including phenoxy) is 2. The summed E-state index contributed by atoms with van der Waals surface area (Å²) in [6, 6.07) is 24.0. The highest BCUT2D eigenvalue weighted by molar-refractivity contribution is 7.97. The summed E-state index contributed by atoms with van der Waals surface area (Å²) in [5.74, 6) is 2.18. The molecule has 0 heterocycles. The van der Waals surface area contributed by atoms with Crippen LogP contribution in [0, 0.1) is 12.8 Å². The van der Waals surface area contributed by atoms with E-state index in [1.807, 2.05) is 61.5 Å². The molecule has 0 aromatic heterocycles. The molecule has 0 saturated carbocycles. The first-order chi connectivity index (χ1) is 17.3. The van der Waals surface area contributed by atoms with Gasteiger partial charge in [-0.3, -0.25) is 0 Å². The van der Waals surface area contributed by atoms with Crippen LogP contribution in [0.1, 0.15) is 37.5 Å². The van der Waals surface area contributed by atoms with Gasteiger partial charge in [0.25, 0.3) is 0 Å². The molecule has 36 heavy (non-hydrogen) atoms. The van der Waals surface area contributed by atoms with E-state index in [4.69, 9.17) is 15.2 Å². The van der Waals surface area contributed by atoms with Crippen molar-refractivity contribution in [3.63, 3.8) is 0 Å². The highest BCUT2D eigenvalue weighted by atomic mass is 32.2. The third kappa shape index (κ3) is 9.17. The van der Waals surface area contributed by atoms with Crippen LogP contribution in [0.5, 0.6) is 11.5 Å². The van der Waals surface area contributed by atoms with Gasteiger partial charge in [0.05, 0.1) is 12.7 Å². The van der Waals surface area contributed by atoms with Gasteiger partial charge in [0.15, 0.2) is 0 Å². The number of hydrogen-bond donors (Lipinski definition) is 2. The summed E-state index contributed by atoms with van der Waals surface area (Å²) in [6.07, 6.45) is -0.0543. The van der Waals surface area contributed by atoms with Gasteiger partial charge in [-0.1, -0.05) is 62.4 Å². The van der Waals surface area contributed by atoms with Crippen LogP contribution in [0.15, 0.2) is 77.7 Å². The molecule has 2 unspecified atom stereocenters. The lowest BCUT2D eigenvalue weighted by Crippen LogP contribution is -2.43. The molecule has 0 amide bonds. The Balaban J connectivity index is 1.55. The summed E-state index contributed by atoms with van der Waals surface area (Å²) in [6.45, 7) is 10.9. The van der Waals surface area contributed by atoms with Gasteiger partial charge in [-0.2, -0.15) is 0 Å². The molecule has 5 nitrogen and oxygen atoms in total. The van der Waals surface area contributed by atoms with E-state index in [0.717, 1.165) is 39.6 Å². The number of nitrogens with two attached hydrogens (primary N) is 1. The summed E-state index contributed by atoms with van der Waals surface area (Å²) in [5.41, 5.74) is 9.78. The summed E-state index contributed by atoms with van der Waals surface area (Å²) >= 11 is 1.64. The van der Waals surface area contributed by atoms with Crippen LogP contribution >= 0.6 is 11.9 Å². The Morgan fingerprint density at radius 2 is 1.64 bits per heavy atom. The van der Waals surface area contributed by atoms with Gasteiger partial charge in [-0.15, -0.1) is 0 Å². The van der Waals surface area contributed by atoms with Crippen LogP contribution in [0.3, 0.4) is 0 Å². The van der Waals surface area contributed by atoms with E-state index < -0.39 is 6.10 Å². The van der Waals surface area contributed by atoms with Gasteiger partial charge >= 0.3 is 0 Å². The van der Waals surface area contributed by atoms with E-state index in [1.165, 1.54) is 0 Å². The van der Waals surface area contributed by atoms with Crippen molar-refractivity contribution < 1.29 is 14.6 Å². The predicted octanol–water partition coefficient (Wildman–Crippen LogP) is 5.87. The lowest BCUT2D eigenvalue weighted by molar-refractivity contribution is 0.119. The van der Waals surface area contributed by atoms with Gasteiger partial charge in [-0.25, -0.2) is 4.31 Å². The molecule has 0 aliphatic carbocycles. The highest BCUT2D eigenvalue weighted by Gasteiger charge is 2.21. The van der Waals surface area contributed by atoms with E-state index in [-0.39, 0.29) is 6.04 Å². The van der Waals surface area contributed by atoms with Crippen molar-refractivity contribution >= 4 is 11.9 Å². The van der Waals surface area contributed by atoms with Crippen LogP contribution in [0.25, 0.3) is 0 Å². The molecule has 0 fully saturated rings. The molecule has 3 aromatic rings. The van der Waals surface area contributed by atoms with E-state index >= 15 is 0 Å². The fourth-order valence-electron chi connectivity index (χ4n) is 3.87. The van der Waals surface area contributed by atoms with Gasteiger partial charge in [0.2, 0.25) is 0 Å². The highest BCUT2D eigenvalue weighted by Crippen LogP contribution is 2.30. The first kappa shape index (κ1) is 28.1. The van der Waals surface area contributed by atoms with Crippen molar-refractivity contribution in [1.29, 1.82) is 0 Å². The minimum atomic E-state index is -0.651. The summed E-state index contributed by atoms with van der Waals surface area (Å²) in [7, 11) is 0. The maximum Gasteiger partial charge on any atom is 0.123 e. The van der Waals surface area contributed by atoms with Crippen LogP contribution in [0.4, 0.5) is 0 Å². The Labute approximate surface area is 220 Å². The molecule has 6 heteroatoms. The number of hydrogen-bond acceptors (Lipinski definition) is 6. The van der Waals surface area contributed by atoms with E-state index in [2.05, 4.69) is 43.3 Å². The largest absolute Gasteiger partial charge is 0.494 e. The van der Waals surface area contributed by atoms with Gasteiger partial charge in [0, 0.05) is 24.0 Å². The molecule has 0 spiro atoms. The second-order valence-corrected chi connectivity index (χ2v) is 10.7. The van der Waals surface area contributed by atoms with Crippen molar-refractivity contribution in [2.75, 3.05) is 19.7 Å². The maximum absolute atomic E-state index is 11.0. The minimum absolute atomic E-state index is 0.367. The van der Waals surface area contributed by atoms with Crippen molar-refractivity contribution in [3.05, 3.63) is 89.5 Å². The quantitative estimate of drug-likeness (QED) is 0.266. The third-order valence-corrected chi connectivity index (χ3v) is 6.81. The zero-order valence-corrected chi connectivity index (χ0v) is 22.7. The van der Waals surface area contributed by atoms with Crippen molar-refractivity contribution in [2.45, 2.75) is 57.8 Å². The summed E-state index contributed by atoms with van der Waals surface area (Å²) in [4.78, 5) is 1.09. The molecule has 3 N–H and O–H groups in total. The molecule has 3 rings (SSSR count). The fraction of sp³-hybridized carbons (Fsp3) is 0.400. The Morgan fingerprint density at radius 1 is 0.917 bits per heavy atom. The van der Waals surface area contributed by atoms with Crippen molar-refractivity contribution in [2.24, 2.45) is 11.7 Å². The summed E-state index contributed by atoms with van der Waals surface area (Å²) in [5, 5.41) is 11.0. The SMILES string of the molecule is CCOc1cc(SN(CC(C)C)CC(O)C(N)Cc2ccc(OCc3ccccc3)cc2)ccc1C. The normalized spacial score (nSPS) is 13.1. The number of benzene rings is 3. The number of aliphatic hydroxyl groups excluding tert-OH is 1. The Bertz CT molecular complexity index is 1040. The van der Waals surface area contributed by atoms with Crippen LogP contribution < -0.4 is 15.2 Å². The zero-order valence-electron chi connectivity index (χ0n) is 21.9. The van der Waals surface area contributed by atoms with Crippen molar-refractivity contribution in [3.8, 4) is 11.5 Å². The number of aliphatic hydroxyl groups is 1. The van der Waals surface area contributed by atoms with Crippen LogP contribution in [-0.4, -0.2) is 41.3 Å². The van der Waals surface area contributed by atoms with E-state index in [0.29, 0.717) is 32.1 Å². The van der Waals surface area contributed by atoms with E-state index in [9.17, 15) is 5.11 Å². The lowest BCUT2D eigenvalue weighted by Gasteiger charge is -2.28. The third-order valence-electron chi connectivity index (χ3n) is 5.79. The number of nitrogens with zero attached hydrogens (tertiary/aromatic N) is 1. The lowest BCUT2D eigenvalue weighted by atomic mass is 10.0. The molecule has 0 bridgehead atoms. The fourth-order valence-corrected chi connectivity index (χ4v) is 5.06. The first-order valence-corrected chi connectivity index (χ1v) is 13.5. The average Bonchev–Trinajstić information content (AvgIpc) is 2.86. The average molecular weight is 509 g/mol. The molecule has 0 saturated heterocycles. The Hall–Kier alpha value is -2.51. The zero-order chi connectivity index (χ0) is 25.9. The molecule has 0 radical (unpaired) electrons. The van der Waals surface area contributed by atoms with Crippen LogP contribution in [-0.2, 0) is 13.0 Å². The molecule has 194 valence electrons. The monoisotopic (exact) mass is 508 g/mol.